The molecule has 0 spiro atoms. The van der Waals surface area contributed by atoms with E-state index in [1.165, 1.54) is 35.0 Å². The molecule has 2 heterocycles. The van der Waals surface area contributed by atoms with Crippen LogP contribution in [0.3, 0.4) is 0 Å². The summed E-state index contributed by atoms with van der Waals surface area (Å²) in [6, 6.07) is 16.5. The van der Waals surface area contributed by atoms with Crippen molar-refractivity contribution in [1.82, 2.24) is 15.2 Å². The number of hydrogen-bond donors (Lipinski definition) is 2. The minimum atomic E-state index is -0.0218. The molecule has 2 aliphatic rings. The number of carbonyl (C=O) groups excluding carboxylic acids is 1. The molecule has 5 rings (SSSR count). The summed E-state index contributed by atoms with van der Waals surface area (Å²) in [6.45, 7) is 3.92. The SMILES string of the molecule is O=C(NCC1CN(Cc2ccccc2)CCO1)c1ccc2[nH]c3c(c2c1)CCCC3. The second kappa shape index (κ2) is 8.62. The minimum Gasteiger partial charge on any atom is -0.374 e. The van der Waals surface area contributed by atoms with Crippen LogP contribution in [0, 0.1) is 0 Å². The van der Waals surface area contributed by atoms with Crippen LogP contribution in [0.5, 0.6) is 0 Å². The van der Waals surface area contributed by atoms with E-state index >= 15 is 0 Å². The zero-order chi connectivity index (χ0) is 20.3. The number of aromatic amines is 1. The molecule has 0 saturated carbocycles. The maximum atomic E-state index is 12.8. The lowest BCUT2D eigenvalue weighted by Gasteiger charge is -2.33. The number of carbonyl (C=O) groups is 1. The molecular formula is C25H29N3O2. The molecule has 1 atom stereocenters. The van der Waals surface area contributed by atoms with E-state index in [9.17, 15) is 4.79 Å². The summed E-state index contributed by atoms with van der Waals surface area (Å²) in [7, 11) is 0. The van der Waals surface area contributed by atoms with Gasteiger partial charge >= 0.3 is 0 Å². The van der Waals surface area contributed by atoms with Crippen molar-refractivity contribution < 1.29 is 9.53 Å². The van der Waals surface area contributed by atoms with Gasteiger partial charge in [-0.2, -0.15) is 0 Å². The molecule has 156 valence electrons. The van der Waals surface area contributed by atoms with Crippen molar-refractivity contribution >= 4 is 16.8 Å². The second-order valence-corrected chi connectivity index (χ2v) is 8.47. The smallest absolute Gasteiger partial charge is 0.251 e. The van der Waals surface area contributed by atoms with Crippen LogP contribution < -0.4 is 5.32 Å². The third kappa shape index (κ3) is 4.13. The van der Waals surface area contributed by atoms with Crippen molar-refractivity contribution in [3.63, 3.8) is 0 Å². The average Bonchev–Trinajstić information content (AvgIpc) is 3.16. The third-order valence-corrected chi connectivity index (χ3v) is 6.32. The molecule has 1 aromatic heterocycles. The zero-order valence-electron chi connectivity index (χ0n) is 17.3. The summed E-state index contributed by atoms with van der Waals surface area (Å²) in [4.78, 5) is 18.7. The van der Waals surface area contributed by atoms with E-state index in [4.69, 9.17) is 4.74 Å². The third-order valence-electron chi connectivity index (χ3n) is 6.32. The van der Waals surface area contributed by atoms with Crippen LogP contribution in [0.1, 0.15) is 40.0 Å². The van der Waals surface area contributed by atoms with Gasteiger partial charge in [-0.05, 0) is 55.0 Å². The number of fused-ring (bicyclic) bond motifs is 3. The fourth-order valence-electron chi connectivity index (χ4n) is 4.74. The predicted molar refractivity (Wildman–Crippen MR) is 119 cm³/mol. The van der Waals surface area contributed by atoms with Crippen molar-refractivity contribution in [3.05, 3.63) is 70.9 Å². The topological polar surface area (TPSA) is 57.4 Å². The van der Waals surface area contributed by atoms with Crippen molar-refractivity contribution in [2.24, 2.45) is 0 Å². The summed E-state index contributed by atoms with van der Waals surface area (Å²) in [5, 5.41) is 4.30. The molecule has 1 amide bonds. The Morgan fingerprint density at radius 3 is 2.90 bits per heavy atom. The summed E-state index contributed by atoms with van der Waals surface area (Å²) in [5.41, 5.74) is 5.93. The largest absolute Gasteiger partial charge is 0.374 e. The van der Waals surface area contributed by atoms with Crippen LogP contribution in [0.15, 0.2) is 48.5 Å². The van der Waals surface area contributed by atoms with E-state index in [0.29, 0.717) is 13.2 Å². The summed E-state index contributed by atoms with van der Waals surface area (Å²) in [5.74, 6) is -0.0218. The lowest BCUT2D eigenvalue weighted by Crippen LogP contribution is -2.47. The molecule has 0 bridgehead atoms. The Kier molecular flexibility index (Phi) is 5.56. The van der Waals surface area contributed by atoms with Crippen LogP contribution in [0.2, 0.25) is 0 Å². The molecule has 1 aliphatic carbocycles. The molecule has 3 aromatic rings. The molecule has 5 heteroatoms. The lowest BCUT2D eigenvalue weighted by molar-refractivity contribution is -0.0292. The number of nitrogens with zero attached hydrogens (tertiary/aromatic N) is 1. The fraction of sp³-hybridized carbons (Fsp3) is 0.400. The molecule has 1 fully saturated rings. The molecule has 1 saturated heterocycles. The first-order valence-corrected chi connectivity index (χ1v) is 11.1. The standard InChI is InChI=1S/C25H29N3O2/c29-25(19-10-11-24-22(14-19)21-8-4-5-9-23(21)27-24)26-15-20-17-28(12-13-30-20)16-18-6-2-1-3-7-18/h1-3,6-7,10-11,14,20,27H,4-5,8-9,12-13,15-17H2,(H,26,29). The first kappa shape index (κ1) is 19.3. The molecule has 2 aromatic carbocycles. The molecular weight excluding hydrogens is 374 g/mol. The number of aromatic nitrogens is 1. The van der Waals surface area contributed by atoms with Gasteiger partial charge in [-0.3, -0.25) is 9.69 Å². The molecule has 30 heavy (non-hydrogen) atoms. The average molecular weight is 404 g/mol. The van der Waals surface area contributed by atoms with E-state index in [1.54, 1.807) is 0 Å². The van der Waals surface area contributed by atoms with Crippen molar-refractivity contribution in [1.29, 1.82) is 0 Å². The second-order valence-electron chi connectivity index (χ2n) is 8.47. The monoisotopic (exact) mass is 403 g/mol. The number of benzene rings is 2. The van der Waals surface area contributed by atoms with Crippen molar-refractivity contribution in [2.45, 2.75) is 38.3 Å². The Morgan fingerprint density at radius 2 is 2.00 bits per heavy atom. The van der Waals surface area contributed by atoms with Gasteiger partial charge in [-0.1, -0.05) is 30.3 Å². The number of morpholine rings is 1. The first-order valence-electron chi connectivity index (χ1n) is 11.1. The van der Waals surface area contributed by atoms with Gasteiger partial charge in [0.2, 0.25) is 0 Å². The number of ether oxygens (including phenoxy) is 1. The molecule has 0 radical (unpaired) electrons. The van der Waals surface area contributed by atoms with Gasteiger partial charge in [-0.25, -0.2) is 0 Å². The lowest BCUT2D eigenvalue weighted by atomic mass is 9.95. The Hall–Kier alpha value is -2.63. The van der Waals surface area contributed by atoms with Crippen LogP contribution in [-0.4, -0.2) is 48.1 Å². The van der Waals surface area contributed by atoms with Gasteiger partial charge in [0, 0.05) is 48.3 Å². The van der Waals surface area contributed by atoms with Gasteiger partial charge in [0.25, 0.3) is 5.91 Å². The normalized spacial score (nSPS) is 19.5. The van der Waals surface area contributed by atoms with Gasteiger partial charge in [0.1, 0.15) is 0 Å². The van der Waals surface area contributed by atoms with Crippen molar-refractivity contribution in [2.75, 3.05) is 26.2 Å². The molecule has 2 N–H and O–H groups in total. The summed E-state index contributed by atoms with van der Waals surface area (Å²) < 4.78 is 5.90. The van der Waals surface area contributed by atoms with E-state index in [2.05, 4.69) is 45.5 Å². The zero-order valence-corrected chi connectivity index (χ0v) is 17.3. The fourth-order valence-corrected chi connectivity index (χ4v) is 4.74. The molecule has 1 unspecified atom stereocenters. The number of hydrogen-bond acceptors (Lipinski definition) is 3. The van der Waals surface area contributed by atoms with Gasteiger partial charge < -0.3 is 15.0 Å². The van der Waals surface area contributed by atoms with Crippen LogP contribution in [0.4, 0.5) is 0 Å². The van der Waals surface area contributed by atoms with E-state index < -0.39 is 0 Å². The highest BCUT2D eigenvalue weighted by Gasteiger charge is 2.22. The first-order chi connectivity index (χ1) is 14.8. The Bertz CT molecular complexity index is 1030. The van der Waals surface area contributed by atoms with Gasteiger partial charge in [0.05, 0.1) is 12.7 Å². The van der Waals surface area contributed by atoms with Crippen molar-refractivity contribution in [3.8, 4) is 0 Å². The number of H-pyrrole nitrogens is 1. The van der Waals surface area contributed by atoms with E-state index in [-0.39, 0.29) is 12.0 Å². The van der Waals surface area contributed by atoms with Gasteiger partial charge in [0.15, 0.2) is 0 Å². The predicted octanol–water partition coefficient (Wildman–Crippen LogP) is 3.68. The molecule has 5 nitrogen and oxygen atoms in total. The number of nitrogens with one attached hydrogen (secondary N) is 2. The quantitative estimate of drug-likeness (QED) is 0.683. The van der Waals surface area contributed by atoms with Crippen LogP contribution in [0.25, 0.3) is 10.9 Å². The Balaban J connectivity index is 1.20. The Labute approximate surface area is 177 Å². The number of aryl methyl sites for hydroxylation is 2. The highest BCUT2D eigenvalue weighted by molar-refractivity contribution is 5.99. The highest BCUT2D eigenvalue weighted by atomic mass is 16.5. The molecule has 1 aliphatic heterocycles. The minimum absolute atomic E-state index is 0.0218. The van der Waals surface area contributed by atoms with Crippen LogP contribution >= 0.6 is 0 Å². The number of amides is 1. The maximum Gasteiger partial charge on any atom is 0.251 e. The van der Waals surface area contributed by atoms with Crippen LogP contribution in [-0.2, 0) is 24.1 Å². The maximum absolute atomic E-state index is 12.8. The van der Waals surface area contributed by atoms with E-state index in [0.717, 1.165) is 43.6 Å². The van der Waals surface area contributed by atoms with E-state index in [1.807, 2.05) is 18.2 Å². The Morgan fingerprint density at radius 1 is 1.13 bits per heavy atom. The summed E-state index contributed by atoms with van der Waals surface area (Å²) in [6.07, 6.45) is 4.72. The summed E-state index contributed by atoms with van der Waals surface area (Å²) >= 11 is 0. The number of rotatable bonds is 5. The highest BCUT2D eigenvalue weighted by Crippen LogP contribution is 2.29. The van der Waals surface area contributed by atoms with Gasteiger partial charge in [-0.15, -0.1) is 0 Å².